The molecule has 5 nitrogen and oxygen atoms in total. The van der Waals surface area contributed by atoms with E-state index in [-0.39, 0.29) is 17.8 Å². The quantitative estimate of drug-likeness (QED) is 0.323. The van der Waals surface area contributed by atoms with E-state index in [1.807, 2.05) is 44.2 Å². The summed E-state index contributed by atoms with van der Waals surface area (Å²) in [7, 11) is 0. The number of carbonyl (C=O) groups is 1. The van der Waals surface area contributed by atoms with E-state index in [2.05, 4.69) is 10.5 Å². The van der Waals surface area contributed by atoms with Gasteiger partial charge in [0.2, 0.25) is 5.91 Å². The van der Waals surface area contributed by atoms with Crippen molar-refractivity contribution in [3.8, 4) is 0 Å². The van der Waals surface area contributed by atoms with Gasteiger partial charge in [-0.1, -0.05) is 49.3 Å². The number of hydrogen-bond acceptors (Lipinski definition) is 3. The highest BCUT2D eigenvalue weighted by Gasteiger charge is 2.37. The van der Waals surface area contributed by atoms with E-state index in [0.717, 1.165) is 12.0 Å². The molecule has 1 rings (SSSR count). The minimum absolute atomic E-state index is 0.0691. The highest BCUT2D eigenvalue weighted by molar-refractivity contribution is 6.06. The lowest BCUT2D eigenvalue weighted by atomic mass is 9.84. The maximum Gasteiger partial charge on any atom is 0.234 e. The molecule has 5 heteroatoms. The normalized spacial score (nSPS) is 16.2. The third-order valence-corrected chi connectivity index (χ3v) is 3.80. The zero-order chi connectivity index (χ0) is 15.2. The predicted octanol–water partition coefficient (Wildman–Crippen LogP) is 2.42. The molecule has 0 saturated carbocycles. The van der Waals surface area contributed by atoms with Crippen LogP contribution in [0.2, 0.25) is 0 Å². The lowest BCUT2D eigenvalue weighted by Crippen LogP contribution is -2.48. The van der Waals surface area contributed by atoms with Gasteiger partial charge in [0.25, 0.3) is 0 Å². The number of nitrogens with zero attached hydrogens (tertiary/aromatic N) is 1. The van der Waals surface area contributed by atoms with Crippen molar-refractivity contribution >= 4 is 11.7 Å². The molecule has 0 bridgehead atoms. The molecule has 0 spiro atoms. The Hall–Kier alpha value is -2.04. The van der Waals surface area contributed by atoms with Gasteiger partial charge in [0.1, 0.15) is 5.41 Å². The molecule has 0 heterocycles. The molecule has 0 aliphatic carbocycles. The van der Waals surface area contributed by atoms with Gasteiger partial charge in [-0.25, -0.2) is 0 Å². The van der Waals surface area contributed by atoms with E-state index in [1.54, 1.807) is 6.92 Å². The van der Waals surface area contributed by atoms with Gasteiger partial charge in [0.05, 0.1) is 6.04 Å². The molecule has 1 amide bonds. The van der Waals surface area contributed by atoms with Crippen molar-refractivity contribution in [2.75, 3.05) is 0 Å². The van der Waals surface area contributed by atoms with Crippen molar-refractivity contribution in [3.63, 3.8) is 0 Å². The highest BCUT2D eigenvalue weighted by Crippen LogP contribution is 2.24. The molecular weight excluding hydrogens is 254 g/mol. The van der Waals surface area contributed by atoms with Gasteiger partial charge in [0.15, 0.2) is 5.84 Å². The molecule has 110 valence electrons. The smallest absolute Gasteiger partial charge is 0.234 e. The number of hydrogen-bond donors (Lipinski definition) is 3. The average molecular weight is 277 g/mol. The summed E-state index contributed by atoms with van der Waals surface area (Å²) >= 11 is 0. The van der Waals surface area contributed by atoms with Crippen LogP contribution in [0.4, 0.5) is 0 Å². The molecule has 1 aromatic carbocycles. The maximum absolute atomic E-state index is 12.5. The Kier molecular flexibility index (Phi) is 5.55. The Morgan fingerprint density at radius 3 is 2.45 bits per heavy atom. The number of nitrogens with two attached hydrogens (primary N) is 1. The first-order valence-corrected chi connectivity index (χ1v) is 6.83. The van der Waals surface area contributed by atoms with Crippen LogP contribution in [0.1, 0.15) is 45.2 Å². The van der Waals surface area contributed by atoms with Gasteiger partial charge in [-0.05, 0) is 25.3 Å². The molecule has 0 aliphatic heterocycles. The Morgan fingerprint density at radius 2 is 2.00 bits per heavy atom. The number of nitrogens with one attached hydrogen (secondary N) is 1. The maximum atomic E-state index is 12.5. The molecule has 1 aromatic rings. The molecule has 0 fully saturated rings. The van der Waals surface area contributed by atoms with Crippen molar-refractivity contribution < 1.29 is 10.0 Å². The van der Waals surface area contributed by atoms with Crippen molar-refractivity contribution in [2.45, 2.75) is 39.7 Å². The molecular formula is C15H23N3O2. The number of amides is 1. The molecule has 2 unspecified atom stereocenters. The first-order valence-electron chi connectivity index (χ1n) is 6.83. The Labute approximate surface area is 119 Å². The zero-order valence-corrected chi connectivity index (χ0v) is 12.3. The molecule has 0 aliphatic rings. The third kappa shape index (κ3) is 3.29. The summed E-state index contributed by atoms with van der Waals surface area (Å²) < 4.78 is 0. The van der Waals surface area contributed by atoms with Crippen LogP contribution in [-0.2, 0) is 4.79 Å². The van der Waals surface area contributed by atoms with Gasteiger partial charge in [-0.2, -0.15) is 0 Å². The molecule has 2 atom stereocenters. The molecule has 4 N–H and O–H groups in total. The van der Waals surface area contributed by atoms with Crippen molar-refractivity contribution in [1.29, 1.82) is 0 Å². The highest BCUT2D eigenvalue weighted by atomic mass is 16.4. The lowest BCUT2D eigenvalue weighted by Gasteiger charge is -2.28. The minimum Gasteiger partial charge on any atom is -0.409 e. The van der Waals surface area contributed by atoms with Crippen LogP contribution in [0.5, 0.6) is 0 Å². The fourth-order valence-electron chi connectivity index (χ4n) is 1.99. The summed E-state index contributed by atoms with van der Waals surface area (Å²) in [5.41, 5.74) is 5.70. The van der Waals surface area contributed by atoms with Gasteiger partial charge in [0, 0.05) is 0 Å². The summed E-state index contributed by atoms with van der Waals surface area (Å²) in [6, 6.07) is 9.67. The van der Waals surface area contributed by atoms with Crippen LogP contribution in [0.25, 0.3) is 0 Å². The van der Waals surface area contributed by atoms with E-state index in [4.69, 9.17) is 10.9 Å². The van der Waals surface area contributed by atoms with Crippen LogP contribution in [0.3, 0.4) is 0 Å². The van der Waals surface area contributed by atoms with E-state index in [1.165, 1.54) is 0 Å². The van der Waals surface area contributed by atoms with Crippen LogP contribution in [-0.4, -0.2) is 17.0 Å². The van der Waals surface area contributed by atoms with E-state index in [0.29, 0.717) is 6.42 Å². The van der Waals surface area contributed by atoms with Crippen LogP contribution in [0, 0.1) is 5.41 Å². The monoisotopic (exact) mass is 277 g/mol. The Balaban J connectivity index is 2.93. The predicted molar refractivity (Wildman–Crippen MR) is 79.4 cm³/mol. The lowest BCUT2D eigenvalue weighted by molar-refractivity contribution is -0.128. The average Bonchev–Trinajstić information content (AvgIpc) is 2.51. The van der Waals surface area contributed by atoms with Crippen LogP contribution >= 0.6 is 0 Å². The van der Waals surface area contributed by atoms with Crippen molar-refractivity contribution in [1.82, 2.24) is 5.32 Å². The van der Waals surface area contributed by atoms with Gasteiger partial charge in [-0.3, -0.25) is 4.79 Å². The van der Waals surface area contributed by atoms with Gasteiger partial charge in [-0.15, -0.1) is 0 Å². The van der Waals surface area contributed by atoms with Gasteiger partial charge >= 0.3 is 0 Å². The number of rotatable bonds is 6. The first kappa shape index (κ1) is 16.0. The summed E-state index contributed by atoms with van der Waals surface area (Å²) in [6.07, 6.45) is 1.23. The fraction of sp³-hybridized carbons (Fsp3) is 0.467. The standard InChI is InChI=1S/C15H23N3O2/c1-4-12(11-9-7-6-8-10-11)17-14(19)15(3,5-2)13(16)18-20/h6-10,12,20H,4-5H2,1-3H3,(H2,16,18)(H,17,19). The number of benzene rings is 1. The molecule has 0 saturated heterocycles. The number of carbonyl (C=O) groups excluding carboxylic acids is 1. The van der Waals surface area contributed by atoms with Crippen molar-refractivity contribution in [2.24, 2.45) is 16.3 Å². The summed E-state index contributed by atoms with van der Waals surface area (Å²) in [4.78, 5) is 12.5. The second-order valence-corrected chi connectivity index (χ2v) is 5.02. The number of amidine groups is 1. The summed E-state index contributed by atoms with van der Waals surface area (Å²) in [6.45, 7) is 5.51. The largest absolute Gasteiger partial charge is 0.409 e. The van der Waals surface area contributed by atoms with Crippen molar-refractivity contribution in [3.05, 3.63) is 35.9 Å². The minimum atomic E-state index is -1.00. The number of oxime groups is 1. The Morgan fingerprint density at radius 1 is 1.40 bits per heavy atom. The third-order valence-electron chi connectivity index (χ3n) is 3.80. The van der Waals surface area contributed by atoms with Crippen LogP contribution in [0.15, 0.2) is 35.5 Å². The Bertz CT molecular complexity index is 473. The van der Waals surface area contributed by atoms with Gasteiger partial charge < -0.3 is 16.3 Å². The topological polar surface area (TPSA) is 87.7 Å². The molecule has 20 heavy (non-hydrogen) atoms. The summed E-state index contributed by atoms with van der Waals surface area (Å²) in [5.74, 6) is -0.300. The molecule has 0 aromatic heterocycles. The summed E-state index contributed by atoms with van der Waals surface area (Å²) in [5, 5.41) is 14.8. The van der Waals surface area contributed by atoms with E-state index < -0.39 is 5.41 Å². The molecule has 0 radical (unpaired) electrons. The first-order chi connectivity index (χ1) is 9.49. The fourth-order valence-corrected chi connectivity index (χ4v) is 1.99. The van der Waals surface area contributed by atoms with E-state index in [9.17, 15) is 4.79 Å². The zero-order valence-electron chi connectivity index (χ0n) is 12.3. The second kappa shape index (κ2) is 6.93. The second-order valence-electron chi connectivity index (χ2n) is 5.02. The van der Waals surface area contributed by atoms with Crippen LogP contribution < -0.4 is 11.1 Å². The SMILES string of the molecule is CCC(NC(=O)C(C)(CC)/C(N)=N/O)c1ccccc1. The van der Waals surface area contributed by atoms with E-state index >= 15 is 0 Å².